The highest BCUT2D eigenvalue weighted by atomic mass is 16.8. The van der Waals surface area contributed by atoms with E-state index in [1.165, 1.54) is 347 Å². The van der Waals surface area contributed by atoms with Crippen LogP contribution in [-0.4, -0.2) is 193 Å². The molecule has 0 spiro atoms. The molecule has 0 saturated carbocycles. The second kappa shape index (κ2) is 73.2. The van der Waals surface area contributed by atoms with Crippen molar-refractivity contribution >= 4 is 5.91 Å². The zero-order chi connectivity index (χ0) is 81.0. The van der Waals surface area contributed by atoms with E-state index < -0.39 is 124 Å². The fraction of sp³-hybridized carbons (Fsp3) is 0.946. The van der Waals surface area contributed by atoms with Crippen molar-refractivity contribution in [2.45, 2.75) is 535 Å². The predicted octanol–water partition coefficient (Wildman–Crippen LogP) is 18.8. The van der Waals surface area contributed by atoms with Gasteiger partial charge >= 0.3 is 0 Å². The maximum Gasteiger partial charge on any atom is 0.220 e. The van der Waals surface area contributed by atoms with E-state index in [9.17, 15) is 61.0 Å². The van der Waals surface area contributed by atoms with E-state index in [-0.39, 0.29) is 18.9 Å². The summed E-state index contributed by atoms with van der Waals surface area (Å²) in [6, 6.07) is -0.886. The SMILES string of the molecule is CCCCCCC/C=C\C/C=C\CCCCCCCCCCCCCCCCCCCCCCCCCCCCCCCC(=O)NC(COC1OC(CO)C(OC2OC(CO)C(OC3OC(CO)C(O)C(O)C3O)C(O)C2O)C(O)C1O)C(O)CCCCCCCCCCCCCCCCCCCCCCCCCCCC. The van der Waals surface area contributed by atoms with E-state index in [2.05, 4.69) is 43.5 Å². The molecule has 0 radical (unpaired) electrons. The number of aliphatic hydroxyl groups is 11. The Morgan fingerprint density at radius 2 is 0.589 bits per heavy atom. The number of ether oxygens (including phenoxy) is 6. The van der Waals surface area contributed by atoms with Crippen molar-refractivity contribution in [2.24, 2.45) is 0 Å². The number of hydrogen-bond donors (Lipinski definition) is 12. The van der Waals surface area contributed by atoms with E-state index in [0.29, 0.717) is 12.8 Å². The highest BCUT2D eigenvalue weighted by molar-refractivity contribution is 5.76. The average molecular weight is 1600 g/mol. The summed E-state index contributed by atoms with van der Waals surface area (Å²) in [5.41, 5.74) is 0. The smallest absolute Gasteiger partial charge is 0.220 e. The molecule has 1 amide bonds. The molecule has 0 aromatic carbocycles. The molecule has 112 heavy (non-hydrogen) atoms. The Balaban J connectivity index is 1.27. The number of amides is 1. The number of nitrogens with one attached hydrogen (secondary N) is 1. The Labute approximate surface area is 683 Å². The molecule has 3 saturated heterocycles. The van der Waals surface area contributed by atoms with Crippen molar-refractivity contribution in [1.82, 2.24) is 5.32 Å². The first-order valence-corrected chi connectivity index (χ1v) is 47.6. The summed E-state index contributed by atoms with van der Waals surface area (Å²) in [4.78, 5) is 13.6. The first-order valence-electron chi connectivity index (χ1n) is 47.6. The van der Waals surface area contributed by atoms with E-state index in [0.717, 1.165) is 51.4 Å². The van der Waals surface area contributed by atoms with Crippen LogP contribution in [0.3, 0.4) is 0 Å². The molecule has 3 aliphatic rings. The molecule has 3 aliphatic heterocycles. The molecule has 3 rings (SSSR count). The molecular formula is C93H177NO18. The van der Waals surface area contributed by atoms with Crippen LogP contribution in [0.25, 0.3) is 0 Å². The van der Waals surface area contributed by atoms with Gasteiger partial charge in [-0.3, -0.25) is 4.79 Å². The lowest BCUT2D eigenvalue weighted by Crippen LogP contribution is -2.66. The van der Waals surface area contributed by atoms with Crippen molar-refractivity contribution < 1.29 is 89.4 Å². The molecule has 17 atom stereocenters. The third-order valence-electron chi connectivity index (χ3n) is 24.0. The first kappa shape index (κ1) is 104. The molecule has 12 N–H and O–H groups in total. The van der Waals surface area contributed by atoms with Gasteiger partial charge in [-0.2, -0.15) is 0 Å². The van der Waals surface area contributed by atoms with Gasteiger partial charge in [0.2, 0.25) is 5.91 Å². The molecule has 3 fully saturated rings. The molecule has 19 heteroatoms. The highest BCUT2D eigenvalue weighted by Gasteiger charge is 2.54. The van der Waals surface area contributed by atoms with E-state index in [1.807, 2.05) is 0 Å². The summed E-state index contributed by atoms with van der Waals surface area (Å²) in [5, 5.41) is 121. The minimum Gasteiger partial charge on any atom is -0.394 e. The lowest BCUT2D eigenvalue weighted by Gasteiger charge is -2.48. The Morgan fingerprint density at radius 3 is 0.911 bits per heavy atom. The lowest BCUT2D eigenvalue weighted by molar-refractivity contribution is -0.379. The van der Waals surface area contributed by atoms with Crippen LogP contribution in [0.5, 0.6) is 0 Å². The van der Waals surface area contributed by atoms with Crippen molar-refractivity contribution in [1.29, 1.82) is 0 Å². The van der Waals surface area contributed by atoms with Crippen LogP contribution in [0, 0.1) is 0 Å². The van der Waals surface area contributed by atoms with Crippen LogP contribution in [-0.2, 0) is 33.2 Å². The van der Waals surface area contributed by atoms with Crippen molar-refractivity contribution in [3.8, 4) is 0 Å². The fourth-order valence-corrected chi connectivity index (χ4v) is 16.5. The molecule has 19 nitrogen and oxygen atoms in total. The zero-order valence-corrected chi connectivity index (χ0v) is 71.7. The van der Waals surface area contributed by atoms with Gasteiger partial charge in [0, 0.05) is 6.42 Å². The maximum atomic E-state index is 13.6. The molecule has 662 valence electrons. The summed E-state index contributed by atoms with van der Waals surface area (Å²) < 4.78 is 34.6. The third kappa shape index (κ3) is 51.0. The summed E-state index contributed by atoms with van der Waals surface area (Å²) in [7, 11) is 0. The number of unbranched alkanes of at least 4 members (excludes halogenated alkanes) is 59. The minimum atomic E-state index is -1.97. The molecule has 3 heterocycles. The monoisotopic (exact) mass is 1600 g/mol. The summed E-state index contributed by atoms with van der Waals surface area (Å²) in [6.45, 7) is 1.87. The van der Waals surface area contributed by atoms with Gasteiger partial charge in [-0.1, -0.05) is 404 Å². The predicted molar refractivity (Wildman–Crippen MR) is 453 cm³/mol. The number of rotatable bonds is 79. The molecule has 0 aromatic rings. The fourth-order valence-electron chi connectivity index (χ4n) is 16.5. The van der Waals surface area contributed by atoms with E-state index in [1.54, 1.807) is 0 Å². The van der Waals surface area contributed by atoms with Gasteiger partial charge in [-0.25, -0.2) is 0 Å². The summed E-state index contributed by atoms with van der Waals surface area (Å²) in [6.07, 6.45) is 66.0. The Kier molecular flexibility index (Phi) is 68.3. The van der Waals surface area contributed by atoms with E-state index in [4.69, 9.17) is 28.4 Å². The maximum absolute atomic E-state index is 13.6. The van der Waals surface area contributed by atoms with Crippen LogP contribution < -0.4 is 5.32 Å². The average Bonchev–Trinajstić information content (AvgIpc) is 0.781. The Hall–Kier alpha value is -1.73. The summed E-state index contributed by atoms with van der Waals surface area (Å²) >= 11 is 0. The molecule has 0 aliphatic carbocycles. The normalized spacial score (nSPS) is 25.0. The topological polar surface area (TPSA) is 307 Å². The van der Waals surface area contributed by atoms with Crippen LogP contribution in [0.1, 0.15) is 431 Å². The first-order chi connectivity index (χ1) is 54.8. The van der Waals surface area contributed by atoms with E-state index >= 15 is 0 Å². The third-order valence-corrected chi connectivity index (χ3v) is 24.0. The van der Waals surface area contributed by atoms with Gasteiger partial charge < -0.3 is 89.9 Å². The lowest BCUT2D eigenvalue weighted by atomic mass is 9.96. The largest absolute Gasteiger partial charge is 0.394 e. The minimum absolute atomic E-state index is 0.232. The van der Waals surface area contributed by atoms with Crippen LogP contribution in [0.15, 0.2) is 24.3 Å². The molecule has 17 unspecified atom stereocenters. The summed E-state index contributed by atoms with van der Waals surface area (Å²) in [5.74, 6) is -0.232. The van der Waals surface area contributed by atoms with Crippen molar-refractivity contribution in [3.63, 3.8) is 0 Å². The van der Waals surface area contributed by atoms with Crippen molar-refractivity contribution in [2.75, 3.05) is 26.4 Å². The number of allylic oxidation sites excluding steroid dienone is 4. The zero-order valence-electron chi connectivity index (χ0n) is 71.7. The van der Waals surface area contributed by atoms with Gasteiger partial charge in [0.15, 0.2) is 18.9 Å². The van der Waals surface area contributed by atoms with Crippen LogP contribution >= 0.6 is 0 Å². The molecule has 0 aromatic heterocycles. The number of carbonyl (C=O) groups is 1. The highest BCUT2D eigenvalue weighted by Crippen LogP contribution is 2.34. The Morgan fingerprint density at radius 1 is 0.321 bits per heavy atom. The number of carbonyl (C=O) groups excluding carboxylic acids is 1. The number of aliphatic hydroxyl groups excluding tert-OH is 11. The molecule has 0 bridgehead atoms. The molecular weight excluding hydrogens is 1420 g/mol. The van der Waals surface area contributed by atoms with Gasteiger partial charge in [-0.15, -0.1) is 0 Å². The number of hydrogen-bond acceptors (Lipinski definition) is 18. The second-order valence-corrected chi connectivity index (χ2v) is 34.2. The van der Waals surface area contributed by atoms with Gasteiger partial charge in [0.05, 0.1) is 38.6 Å². The van der Waals surface area contributed by atoms with Gasteiger partial charge in [0.1, 0.15) is 73.2 Å². The standard InChI is InChI=1S/C93H177NO18/c1-3-5-7-9-11-13-15-17-19-21-23-25-27-29-31-32-33-34-35-36-37-38-39-40-41-42-43-44-45-47-49-51-53-55-57-59-61-63-65-67-69-71-81(99)94-76(77(98)70-68-66-64-62-60-58-56-54-52-50-48-46-30-28-26-24-22-20-18-16-14-12-10-8-6-4-2)75-107-91-87(105)84(102)89(79(73-96)109-91)112-93-88(106)85(103)90(80(74-97)110-93)111-92-86(104)83(101)82(100)78(72-95)108-92/h15,17,21,23,76-80,82-93,95-98,100-106H,3-14,16,18-20,22,24-75H2,1-2H3,(H,94,99)/b17-15-,23-21-. The van der Waals surface area contributed by atoms with Crippen LogP contribution in [0.4, 0.5) is 0 Å². The van der Waals surface area contributed by atoms with Crippen LogP contribution in [0.2, 0.25) is 0 Å². The second-order valence-electron chi connectivity index (χ2n) is 34.2. The van der Waals surface area contributed by atoms with Crippen molar-refractivity contribution in [3.05, 3.63) is 24.3 Å². The van der Waals surface area contributed by atoms with Gasteiger partial charge in [0.25, 0.3) is 0 Å². The Bertz CT molecular complexity index is 2110. The quantitative estimate of drug-likeness (QED) is 0.0199. The van der Waals surface area contributed by atoms with Gasteiger partial charge in [-0.05, 0) is 44.9 Å².